The molecule has 1 saturated heterocycles. The number of amides is 2. The summed E-state index contributed by atoms with van der Waals surface area (Å²) in [5.74, 6) is 1.19. The number of morpholine rings is 1. The highest BCUT2D eigenvalue weighted by Crippen LogP contribution is 2.29. The Labute approximate surface area is 210 Å². The molecule has 1 saturated carbocycles. The predicted molar refractivity (Wildman–Crippen MR) is 139 cm³/mol. The van der Waals surface area contributed by atoms with Crippen molar-refractivity contribution in [3.05, 3.63) is 54.6 Å². The first-order valence-corrected chi connectivity index (χ1v) is 13.9. The van der Waals surface area contributed by atoms with Gasteiger partial charge < -0.3 is 20.3 Å². The molecule has 2 amide bonds. The average molecular weight is 508 g/mol. The number of nitrogens with one attached hydrogen (secondary N) is 2. The number of rotatable bonds is 6. The fraction of sp³-hybridized carbons (Fsp3) is 0.346. The van der Waals surface area contributed by atoms with E-state index < -0.39 is 9.84 Å². The molecule has 2 N–H and O–H groups in total. The largest absolute Gasteiger partial charge is 0.377 e. The summed E-state index contributed by atoms with van der Waals surface area (Å²) in [6.45, 7) is 3.98. The Morgan fingerprint density at radius 2 is 1.83 bits per heavy atom. The highest BCUT2D eigenvalue weighted by atomic mass is 32.2. The molecular formula is C26H29N5O4S. The molecule has 2 fully saturated rings. The van der Waals surface area contributed by atoms with E-state index in [1.54, 1.807) is 18.2 Å². The normalized spacial score (nSPS) is 18.1. The van der Waals surface area contributed by atoms with Crippen molar-refractivity contribution in [2.45, 2.75) is 36.7 Å². The molecule has 1 aromatic heterocycles. The minimum Gasteiger partial charge on any atom is -0.377 e. The van der Waals surface area contributed by atoms with Gasteiger partial charge in [-0.3, -0.25) is 0 Å². The van der Waals surface area contributed by atoms with Gasteiger partial charge in [0.2, 0.25) is 0 Å². The summed E-state index contributed by atoms with van der Waals surface area (Å²) >= 11 is 0. The zero-order valence-electron chi connectivity index (χ0n) is 20.3. The highest BCUT2D eigenvalue weighted by molar-refractivity contribution is 7.90. The van der Waals surface area contributed by atoms with Crippen LogP contribution in [0.1, 0.15) is 19.8 Å². The van der Waals surface area contributed by atoms with E-state index in [1.807, 2.05) is 36.4 Å². The van der Waals surface area contributed by atoms with Gasteiger partial charge in [0, 0.05) is 41.7 Å². The highest BCUT2D eigenvalue weighted by Gasteiger charge is 2.24. The van der Waals surface area contributed by atoms with Crippen molar-refractivity contribution in [3.8, 4) is 22.6 Å². The number of carbonyl (C=O) groups excluding carboxylic acids is 1. The molecule has 0 spiro atoms. The Bertz CT molecular complexity index is 1370. The summed E-state index contributed by atoms with van der Waals surface area (Å²) in [5.41, 5.74) is 2.87. The zero-order chi connectivity index (χ0) is 25.3. The number of ether oxygens (including phenoxy) is 1. The van der Waals surface area contributed by atoms with Crippen LogP contribution in [-0.2, 0) is 14.6 Å². The molecular weight excluding hydrogens is 478 g/mol. The number of benzene rings is 2. The van der Waals surface area contributed by atoms with E-state index in [-0.39, 0.29) is 23.0 Å². The van der Waals surface area contributed by atoms with Crippen molar-refractivity contribution in [2.24, 2.45) is 0 Å². The van der Waals surface area contributed by atoms with Gasteiger partial charge in [0.25, 0.3) is 0 Å². The predicted octanol–water partition coefficient (Wildman–Crippen LogP) is 3.72. The Hall–Kier alpha value is -3.50. The Morgan fingerprint density at radius 3 is 2.53 bits per heavy atom. The number of aromatic nitrogens is 2. The van der Waals surface area contributed by atoms with Gasteiger partial charge in [-0.25, -0.2) is 23.2 Å². The molecule has 1 aliphatic heterocycles. The van der Waals surface area contributed by atoms with Crippen LogP contribution < -0.4 is 15.5 Å². The number of hydrogen-bond donors (Lipinski definition) is 2. The first kappa shape index (κ1) is 24.2. The van der Waals surface area contributed by atoms with Crippen molar-refractivity contribution in [3.63, 3.8) is 0 Å². The maximum Gasteiger partial charge on any atom is 0.319 e. The Morgan fingerprint density at radius 1 is 1.06 bits per heavy atom. The molecule has 1 atom stereocenters. The maximum absolute atomic E-state index is 12.1. The molecule has 2 aromatic carbocycles. The lowest BCUT2D eigenvalue weighted by molar-refractivity contribution is 0.0985. The van der Waals surface area contributed by atoms with Crippen LogP contribution in [0.25, 0.3) is 22.6 Å². The second-order valence-corrected chi connectivity index (χ2v) is 11.3. The first-order valence-electron chi connectivity index (χ1n) is 12.0. The van der Waals surface area contributed by atoms with Crippen LogP contribution in [0.15, 0.2) is 59.5 Å². The minimum absolute atomic E-state index is 0.133. The first-order chi connectivity index (χ1) is 17.3. The van der Waals surface area contributed by atoms with Gasteiger partial charge in [0.1, 0.15) is 5.82 Å². The molecule has 2 heterocycles. The average Bonchev–Trinajstić information content (AvgIpc) is 3.68. The fourth-order valence-electron chi connectivity index (χ4n) is 4.10. The molecule has 3 aromatic rings. The van der Waals surface area contributed by atoms with Crippen LogP contribution >= 0.6 is 0 Å². The standard InChI is InChI=1S/C26H29N5O4S/c1-17-16-35-13-12-31(17)24-15-23(18-6-8-20(9-7-18)27-26(32)28-21-10-11-21)29-25(30-24)19-4-3-5-22(14-19)36(2,33)34/h3-9,14-15,17,21H,10-13,16H2,1-2H3,(H2,27,28,32). The molecule has 1 aliphatic carbocycles. The number of carbonyl (C=O) groups is 1. The number of anilines is 2. The van der Waals surface area contributed by atoms with Gasteiger partial charge in [-0.2, -0.15) is 0 Å². The van der Waals surface area contributed by atoms with Crippen molar-refractivity contribution in [1.29, 1.82) is 0 Å². The van der Waals surface area contributed by atoms with Crippen molar-refractivity contribution in [1.82, 2.24) is 15.3 Å². The van der Waals surface area contributed by atoms with E-state index >= 15 is 0 Å². The Balaban J connectivity index is 1.50. The van der Waals surface area contributed by atoms with E-state index in [0.29, 0.717) is 42.5 Å². The molecule has 10 heteroatoms. The third kappa shape index (κ3) is 5.66. The number of sulfone groups is 1. The summed E-state index contributed by atoms with van der Waals surface area (Å²) in [6.07, 6.45) is 3.24. The van der Waals surface area contributed by atoms with E-state index in [4.69, 9.17) is 14.7 Å². The van der Waals surface area contributed by atoms with E-state index in [9.17, 15) is 13.2 Å². The SMILES string of the molecule is CC1COCCN1c1cc(-c2ccc(NC(=O)NC3CC3)cc2)nc(-c2cccc(S(C)(=O)=O)c2)n1. The van der Waals surface area contributed by atoms with Gasteiger partial charge in [0.05, 0.1) is 29.8 Å². The van der Waals surface area contributed by atoms with Crippen molar-refractivity contribution in [2.75, 3.05) is 36.2 Å². The molecule has 0 bridgehead atoms. The topological polar surface area (TPSA) is 114 Å². The third-order valence-corrected chi connectivity index (χ3v) is 7.36. The fourth-order valence-corrected chi connectivity index (χ4v) is 4.76. The van der Waals surface area contributed by atoms with Crippen LogP contribution in [0.4, 0.5) is 16.3 Å². The van der Waals surface area contributed by atoms with E-state index in [2.05, 4.69) is 22.5 Å². The smallest absolute Gasteiger partial charge is 0.319 e. The second kappa shape index (κ2) is 9.87. The lowest BCUT2D eigenvalue weighted by Crippen LogP contribution is -2.44. The van der Waals surface area contributed by atoms with Crippen LogP contribution in [0.3, 0.4) is 0 Å². The van der Waals surface area contributed by atoms with Gasteiger partial charge in [-0.05, 0) is 44.0 Å². The van der Waals surface area contributed by atoms with Gasteiger partial charge in [-0.15, -0.1) is 0 Å². The van der Waals surface area contributed by atoms with Crippen molar-refractivity contribution >= 4 is 27.4 Å². The molecule has 188 valence electrons. The van der Waals surface area contributed by atoms with E-state index in [0.717, 1.165) is 24.2 Å². The monoisotopic (exact) mass is 507 g/mol. The van der Waals surface area contributed by atoms with Crippen molar-refractivity contribution < 1.29 is 17.9 Å². The molecule has 2 aliphatic rings. The molecule has 1 unspecified atom stereocenters. The maximum atomic E-state index is 12.1. The summed E-state index contributed by atoms with van der Waals surface area (Å²) in [4.78, 5) is 24.1. The van der Waals surface area contributed by atoms with Crippen LogP contribution in [0.5, 0.6) is 0 Å². The van der Waals surface area contributed by atoms with Crippen LogP contribution in [-0.4, -0.2) is 62.5 Å². The number of urea groups is 1. The quantitative estimate of drug-likeness (QED) is 0.523. The number of hydrogen-bond acceptors (Lipinski definition) is 7. The van der Waals surface area contributed by atoms with Gasteiger partial charge in [0.15, 0.2) is 15.7 Å². The molecule has 36 heavy (non-hydrogen) atoms. The molecule has 5 rings (SSSR count). The summed E-state index contributed by atoms with van der Waals surface area (Å²) < 4.78 is 29.9. The number of nitrogens with zero attached hydrogens (tertiary/aromatic N) is 3. The second-order valence-electron chi connectivity index (χ2n) is 9.30. The minimum atomic E-state index is -3.38. The Kier molecular flexibility index (Phi) is 6.63. The zero-order valence-corrected chi connectivity index (χ0v) is 21.1. The third-order valence-electron chi connectivity index (χ3n) is 6.25. The molecule has 9 nitrogen and oxygen atoms in total. The van der Waals surface area contributed by atoms with Crippen LogP contribution in [0.2, 0.25) is 0 Å². The molecule has 0 radical (unpaired) electrons. The lowest BCUT2D eigenvalue weighted by atomic mass is 10.1. The summed E-state index contributed by atoms with van der Waals surface area (Å²) in [5, 5.41) is 5.76. The van der Waals surface area contributed by atoms with Gasteiger partial charge in [-0.1, -0.05) is 24.3 Å². The summed E-state index contributed by atoms with van der Waals surface area (Å²) in [7, 11) is -3.38. The lowest BCUT2D eigenvalue weighted by Gasteiger charge is -2.34. The van der Waals surface area contributed by atoms with Gasteiger partial charge >= 0.3 is 6.03 Å². The van der Waals surface area contributed by atoms with E-state index in [1.165, 1.54) is 6.26 Å². The van der Waals surface area contributed by atoms with Crippen LogP contribution in [0, 0.1) is 0 Å². The summed E-state index contributed by atoms with van der Waals surface area (Å²) in [6, 6.07) is 16.3.